The van der Waals surface area contributed by atoms with Gasteiger partial charge in [0, 0.05) is 50.7 Å². The molecule has 7 nitrogen and oxygen atoms in total. The second kappa shape index (κ2) is 6.63. The standard InChI is InChI=1S/C18H25N5O2/c1-3-25-11-14-9-23(10-16(14)13-6-20-22(2)8-13)18(24)15-7-19-21-17(15)12-4-5-12/h6-8,12,14,16H,3-5,9-11H2,1-2H3,(H,19,21)/t14-,16-/m0/s1. The molecule has 1 saturated heterocycles. The number of carbonyl (C=O) groups excluding carboxylic acids is 1. The number of aryl methyl sites for hydroxylation is 1. The Balaban J connectivity index is 1.54. The molecule has 134 valence electrons. The number of hydrogen-bond acceptors (Lipinski definition) is 4. The van der Waals surface area contributed by atoms with Crippen molar-refractivity contribution < 1.29 is 9.53 Å². The Kier molecular flexibility index (Phi) is 4.33. The molecule has 7 heteroatoms. The average Bonchev–Trinajstić information content (AvgIpc) is 3.02. The van der Waals surface area contributed by atoms with Gasteiger partial charge in [-0.05, 0) is 25.3 Å². The molecule has 0 aromatic carbocycles. The van der Waals surface area contributed by atoms with Crippen molar-refractivity contribution in [1.82, 2.24) is 24.9 Å². The first kappa shape index (κ1) is 16.3. The summed E-state index contributed by atoms with van der Waals surface area (Å²) in [6.07, 6.45) is 7.93. The first-order chi connectivity index (χ1) is 12.2. The van der Waals surface area contributed by atoms with E-state index in [9.17, 15) is 4.79 Å². The lowest BCUT2D eigenvalue weighted by molar-refractivity contribution is 0.0761. The van der Waals surface area contributed by atoms with Gasteiger partial charge in [-0.2, -0.15) is 10.2 Å². The van der Waals surface area contributed by atoms with Crippen molar-refractivity contribution in [1.29, 1.82) is 0 Å². The van der Waals surface area contributed by atoms with Gasteiger partial charge < -0.3 is 9.64 Å². The van der Waals surface area contributed by atoms with E-state index in [2.05, 4.69) is 15.3 Å². The van der Waals surface area contributed by atoms with Crippen LogP contribution in [0.3, 0.4) is 0 Å². The van der Waals surface area contributed by atoms with Crippen LogP contribution in [0.15, 0.2) is 18.6 Å². The van der Waals surface area contributed by atoms with Crippen LogP contribution in [-0.4, -0.2) is 57.1 Å². The summed E-state index contributed by atoms with van der Waals surface area (Å²) in [5, 5.41) is 11.4. The van der Waals surface area contributed by atoms with Gasteiger partial charge in [-0.1, -0.05) is 0 Å². The number of H-pyrrole nitrogens is 1. The molecule has 4 rings (SSSR count). The Morgan fingerprint density at radius 1 is 1.36 bits per heavy atom. The lowest BCUT2D eigenvalue weighted by Crippen LogP contribution is -2.29. The molecule has 1 saturated carbocycles. The number of ether oxygens (including phenoxy) is 1. The number of nitrogens with zero attached hydrogens (tertiary/aromatic N) is 4. The minimum absolute atomic E-state index is 0.0866. The maximum atomic E-state index is 13.1. The van der Waals surface area contributed by atoms with E-state index in [1.54, 1.807) is 6.20 Å². The number of likely N-dealkylation sites (tertiary alicyclic amines) is 1. The largest absolute Gasteiger partial charge is 0.381 e. The Labute approximate surface area is 147 Å². The van der Waals surface area contributed by atoms with Gasteiger partial charge in [-0.3, -0.25) is 14.6 Å². The molecule has 2 fully saturated rings. The Hall–Kier alpha value is -2.15. The molecule has 0 radical (unpaired) electrons. The summed E-state index contributed by atoms with van der Waals surface area (Å²) in [5.74, 6) is 1.13. The van der Waals surface area contributed by atoms with E-state index in [0.29, 0.717) is 38.1 Å². The highest BCUT2D eigenvalue weighted by atomic mass is 16.5. The first-order valence-corrected chi connectivity index (χ1v) is 9.06. The molecule has 1 N–H and O–H groups in total. The van der Waals surface area contributed by atoms with Crippen molar-refractivity contribution >= 4 is 5.91 Å². The summed E-state index contributed by atoms with van der Waals surface area (Å²) in [6, 6.07) is 0. The molecule has 2 atom stereocenters. The Bertz CT molecular complexity index is 748. The molecule has 0 bridgehead atoms. The monoisotopic (exact) mass is 343 g/mol. The number of hydrogen-bond donors (Lipinski definition) is 1. The second-order valence-electron chi connectivity index (χ2n) is 7.16. The number of rotatable bonds is 6. The summed E-state index contributed by atoms with van der Waals surface area (Å²) >= 11 is 0. The molecule has 1 amide bonds. The highest BCUT2D eigenvalue weighted by Gasteiger charge is 2.39. The fourth-order valence-corrected chi connectivity index (χ4v) is 3.80. The van der Waals surface area contributed by atoms with Crippen molar-refractivity contribution in [3.05, 3.63) is 35.4 Å². The van der Waals surface area contributed by atoms with Crippen LogP contribution in [0.4, 0.5) is 0 Å². The molecule has 0 unspecified atom stereocenters. The van der Waals surface area contributed by atoms with Gasteiger partial charge in [0.25, 0.3) is 5.91 Å². The summed E-state index contributed by atoms with van der Waals surface area (Å²) in [6.45, 7) is 4.79. The first-order valence-electron chi connectivity index (χ1n) is 9.06. The predicted octanol–water partition coefficient (Wildman–Crippen LogP) is 1.91. The van der Waals surface area contributed by atoms with E-state index < -0.39 is 0 Å². The highest BCUT2D eigenvalue weighted by Crippen LogP contribution is 2.41. The zero-order chi connectivity index (χ0) is 17.4. The zero-order valence-corrected chi connectivity index (χ0v) is 14.8. The normalized spacial score (nSPS) is 23.4. The Morgan fingerprint density at radius 3 is 2.88 bits per heavy atom. The van der Waals surface area contributed by atoms with Gasteiger partial charge in [-0.25, -0.2) is 0 Å². The van der Waals surface area contributed by atoms with Crippen molar-refractivity contribution in [2.75, 3.05) is 26.3 Å². The molecule has 1 aliphatic carbocycles. The van der Waals surface area contributed by atoms with E-state index in [1.165, 1.54) is 5.56 Å². The van der Waals surface area contributed by atoms with Crippen LogP contribution < -0.4 is 0 Å². The second-order valence-corrected chi connectivity index (χ2v) is 7.16. The van der Waals surface area contributed by atoms with Crippen LogP contribution >= 0.6 is 0 Å². The van der Waals surface area contributed by atoms with Gasteiger partial charge >= 0.3 is 0 Å². The van der Waals surface area contributed by atoms with Gasteiger partial charge in [0.15, 0.2) is 0 Å². The molecule has 0 spiro atoms. The van der Waals surface area contributed by atoms with Gasteiger partial charge in [0.05, 0.1) is 30.3 Å². The SMILES string of the molecule is CCOC[C@@H]1CN(C(=O)c2cn[nH]c2C2CC2)C[C@H]1c1cnn(C)c1. The smallest absolute Gasteiger partial charge is 0.257 e. The quantitative estimate of drug-likeness (QED) is 0.869. The maximum Gasteiger partial charge on any atom is 0.257 e. The topological polar surface area (TPSA) is 76.0 Å². The molecule has 2 aromatic rings. The fourth-order valence-electron chi connectivity index (χ4n) is 3.80. The third-order valence-electron chi connectivity index (χ3n) is 5.30. The van der Waals surface area contributed by atoms with Crippen molar-refractivity contribution in [3.8, 4) is 0 Å². The van der Waals surface area contributed by atoms with E-state index in [-0.39, 0.29) is 11.8 Å². The van der Waals surface area contributed by atoms with Gasteiger partial charge in [0.1, 0.15) is 0 Å². The van der Waals surface area contributed by atoms with Crippen LogP contribution in [-0.2, 0) is 11.8 Å². The van der Waals surface area contributed by atoms with Crippen molar-refractivity contribution in [2.45, 2.75) is 31.6 Å². The van der Waals surface area contributed by atoms with Crippen molar-refractivity contribution in [3.63, 3.8) is 0 Å². The lowest BCUT2D eigenvalue weighted by Gasteiger charge is -2.16. The van der Waals surface area contributed by atoms with E-state index in [0.717, 1.165) is 24.1 Å². The highest BCUT2D eigenvalue weighted by molar-refractivity contribution is 5.95. The summed E-state index contributed by atoms with van der Waals surface area (Å²) < 4.78 is 7.50. The van der Waals surface area contributed by atoms with Crippen LogP contribution in [0.1, 0.15) is 53.2 Å². The van der Waals surface area contributed by atoms with Gasteiger partial charge in [-0.15, -0.1) is 0 Å². The predicted molar refractivity (Wildman–Crippen MR) is 92.4 cm³/mol. The molecular weight excluding hydrogens is 318 g/mol. The molecule has 2 aliphatic rings. The third-order valence-corrected chi connectivity index (χ3v) is 5.30. The van der Waals surface area contributed by atoms with Crippen LogP contribution in [0.5, 0.6) is 0 Å². The van der Waals surface area contributed by atoms with Crippen molar-refractivity contribution in [2.24, 2.45) is 13.0 Å². The fraction of sp³-hybridized carbons (Fsp3) is 0.611. The molecule has 1 aliphatic heterocycles. The van der Waals surface area contributed by atoms with Gasteiger partial charge in [0.2, 0.25) is 0 Å². The lowest BCUT2D eigenvalue weighted by atomic mass is 9.92. The van der Waals surface area contributed by atoms with Crippen LogP contribution in [0, 0.1) is 5.92 Å². The number of aromatic amines is 1. The number of nitrogens with one attached hydrogen (secondary N) is 1. The minimum atomic E-state index is 0.0866. The summed E-state index contributed by atoms with van der Waals surface area (Å²) in [7, 11) is 1.92. The molecule has 25 heavy (non-hydrogen) atoms. The summed E-state index contributed by atoms with van der Waals surface area (Å²) in [4.78, 5) is 15.0. The summed E-state index contributed by atoms with van der Waals surface area (Å²) in [5.41, 5.74) is 2.93. The third kappa shape index (κ3) is 3.20. The van der Waals surface area contributed by atoms with Crippen LogP contribution in [0.25, 0.3) is 0 Å². The molecular formula is C18H25N5O2. The van der Waals surface area contributed by atoms with E-state index >= 15 is 0 Å². The Morgan fingerprint density at radius 2 is 2.20 bits per heavy atom. The average molecular weight is 343 g/mol. The van der Waals surface area contributed by atoms with E-state index in [4.69, 9.17) is 4.74 Å². The van der Waals surface area contributed by atoms with Crippen LogP contribution in [0.2, 0.25) is 0 Å². The number of amides is 1. The zero-order valence-electron chi connectivity index (χ0n) is 14.8. The number of carbonyl (C=O) groups is 1. The van der Waals surface area contributed by atoms with E-state index in [1.807, 2.05) is 35.9 Å². The molecule has 2 aromatic heterocycles. The number of aromatic nitrogens is 4. The maximum absolute atomic E-state index is 13.1. The minimum Gasteiger partial charge on any atom is -0.381 e. The molecule has 3 heterocycles.